The first-order chi connectivity index (χ1) is 7.61. The van der Waals surface area contributed by atoms with Gasteiger partial charge in [-0.3, -0.25) is 0 Å². The lowest BCUT2D eigenvalue weighted by molar-refractivity contribution is 0.810. The first-order valence-corrected chi connectivity index (χ1v) is 5.96. The number of nitrogens with zero attached hydrogens (tertiary/aromatic N) is 3. The van der Waals surface area contributed by atoms with Crippen LogP contribution >= 0.6 is 27.3 Å². The normalized spacial score (nSPS) is 10.1. The molecule has 2 heterocycles. The van der Waals surface area contributed by atoms with Crippen LogP contribution in [0.3, 0.4) is 0 Å². The summed E-state index contributed by atoms with van der Waals surface area (Å²) < 4.78 is 2.24. The van der Waals surface area contributed by atoms with Gasteiger partial charge in [-0.2, -0.15) is 10.2 Å². The summed E-state index contributed by atoms with van der Waals surface area (Å²) in [5.74, 6) is 0. The summed E-state index contributed by atoms with van der Waals surface area (Å²) in [4.78, 5) is 16.1. The lowest BCUT2D eigenvalue weighted by atomic mass is 10.2. The van der Waals surface area contributed by atoms with E-state index in [2.05, 4.69) is 20.9 Å². The number of hydrogen-bond acceptors (Lipinski definition) is 4. The van der Waals surface area contributed by atoms with Gasteiger partial charge < -0.3 is 4.57 Å². The molecule has 0 aliphatic rings. The van der Waals surface area contributed by atoms with Gasteiger partial charge >= 0.3 is 5.69 Å². The molecule has 0 bridgehead atoms. The predicted octanol–water partition coefficient (Wildman–Crippen LogP) is 2.14. The Kier molecular flexibility index (Phi) is 2.90. The van der Waals surface area contributed by atoms with E-state index >= 15 is 0 Å². The van der Waals surface area contributed by atoms with Crippen molar-refractivity contribution in [2.75, 3.05) is 0 Å². The lowest BCUT2D eigenvalue weighted by Gasteiger charge is -2.01. The largest absolute Gasteiger partial charge is 0.347 e. The molecule has 0 unspecified atom stereocenters. The summed E-state index contributed by atoms with van der Waals surface area (Å²) in [6.45, 7) is 0. The fourth-order valence-corrected chi connectivity index (χ4v) is 2.65. The number of hydrogen-bond donors (Lipinski definition) is 0. The van der Waals surface area contributed by atoms with Crippen molar-refractivity contribution >= 4 is 27.3 Å². The highest BCUT2D eigenvalue weighted by atomic mass is 79.9. The highest BCUT2D eigenvalue weighted by molar-refractivity contribution is 9.11. The molecule has 2 aromatic heterocycles. The van der Waals surface area contributed by atoms with E-state index < -0.39 is 0 Å². The Morgan fingerprint density at radius 1 is 1.56 bits per heavy atom. The SMILES string of the molecule is Cn1cc(C#N)c(-c2ccc(Br)s2)nc1=O. The molecule has 0 atom stereocenters. The molecule has 16 heavy (non-hydrogen) atoms. The first-order valence-electron chi connectivity index (χ1n) is 4.35. The molecule has 0 amide bonds. The minimum absolute atomic E-state index is 0.362. The Hall–Kier alpha value is -1.45. The standard InChI is InChI=1S/C10H6BrN3OS/c1-14-5-6(4-12)9(13-10(14)15)7-2-3-8(11)16-7/h2-3,5H,1H3. The molecule has 0 saturated heterocycles. The van der Waals surface area contributed by atoms with E-state index in [-0.39, 0.29) is 5.69 Å². The fraction of sp³-hybridized carbons (Fsp3) is 0.100. The summed E-state index contributed by atoms with van der Waals surface area (Å²) in [7, 11) is 1.57. The number of aryl methyl sites for hydroxylation is 1. The molecule has 0 saturated carbocycles. The van der Waals surface area contributed by atoms with Crippen molar-refractivity contribution in [2.45, 2.75) is 0 Å². The monoisotopic (exact) mass is 295 g/mol. The van der Waals surface area contributed by atoms with E-state index in [0.29, 0.717) is 11.3 Å². The molecule has 0 spiro atoms. The van der Waals surface area contributed by atoms with Gasteiger partial charge in [-0.1, -0.05) is 0 Å². The third-order valence-electron chi connectivity index (χ3n) is 2.01. The molecule has 4 nitrogen and oxygen atoms in total. The minimum Gasteiger partial charge on any atom is -0.301 e. The van der Waals surface area contributed by atoms with Crippen LogP contribution in [0.1, 0.15) is 5.56 Å². The maximum absolute atomic E-state index is 11.4. The molecule has 0 aliphatic carbocycles. The average molecular weight is 296 g/mol. The lowest BCUT2D eigenvalue weighted by Crippen LogP contribution is -2.20. The Balaban J connectivity index is 2.70. The Morgan fingerprint density at radius 3 is 2.88 bits per heavy atom. The molecule has 0 fully saturated rings. The van der Waals surface area contributed by atoms with Crippen LogP contribution in [0.25, 0.3) is 10.6 Å². The van der Waals surface area contributed by atoms with Crippen LogP contribution < -0.4 is 5.69 Å². The van der Waals surface area contributed by atoms with Crippen molar-refractivity contribution in [3.63, 3.8) is 0 Å². The molecule has 0 N–H and O–H groups in total. The van der Waals surface area contributed by atoms with Crippen LogP contribution in [0.2, 0.25) is 0 Å². The van der Waals surface area contributed by atoms with Crippen molar-refractivity contribution in [3.8, 4) is 16.6 Å². The second kappa shape index (κ2) is 4.20. The van der Waals surface area contributed by atoms with Crippen LogP contribution in [0.5, 0.6) is 0 Å². The zero-order chi connectivity index (χ0) is 11.7. The van der Waals surface area contributed by atoms with E-state index in [1.54, 1.807) is 7.05 Å². The van der Waals surface area contributed by atoms with Crippen molar-refractivity contribution in [2.24, 2.45) is 7.05 Å². The van der Waals surface area contributed by atoms with E-state index in [4.69, 9.17) is 5.26 Å². The van der Waals surface area contributed by atoms with Gasteiger partial charge in [0.15, 0.2) is 0 Å². The van der Waals surface area contributed by atoms with Gasteiger partial charge in [0.1, 0.15) is 11.8 Å². The third-order valence-corrected chi connectivity index (χ3v) is 3.64. The number of aromatic nitrogens is 2. The topological polar surface area (TPSA) is 58.7 Å². The molecule has 0 radical (unpaired) electrons. The van der Waals surface area contributed by atoms with Crippen LogP contribution in [0.15, 0.2) is 26.9 Å². The van der Waals surface area contributed by atoms with Crippen molar-refractivity contribution in [1.82, 2.24) is 9.55 Å². The molecule has 6 heteroatoms. The van der Waals surface area contributed by atoms with E-state index in [1.807, 2.05) is 18.2 Å². The maximum Gasteiger partial charge on any atom is 0.347 e. The number of thiophene rings is 1. The van der Waals surface area contributed by atoms with E-state index in [0.717, 1.165) is 8.66 Å². The third kappa shape index (κ3) is 1.92. The maximum atomic E-state index is 11.4. The molecule has 80 valence electrons. The minimum atomic E-state index is -0.362. The van der Waals surface area contributed by atoms with Crippen molar-refractivity contribution in [3.05, 3.63) is 38.2 Å². The molecule has 2 aromatic rings. The van der Waals surface area contributed by atoms with Gasteiger partial charge in [-0.05, 0) is 28.1 Å². The van der Waals surface area contributed by atoms with Gasteiger partial charge in [0.2, 0.25) is 0 Å². The van der Waals surface area contributed by atoms with Crippen LogP contribution in [0.4, 0.5) is 0 Å². The van der Waals surface area contributed by atoms with Crippen LogP contribution in [0, 0.1) is 11.3 Å². The zero-order valence-corrected chi connectivity index (χ0v) is 10.7. The van der Waals surface area contributed by atoms with Crippen molar-refractivity contribution in [1.29, 1.82) is 5.26 Å². The quantitative estimate of drug-likeness (QED) is 0.810. The summed E-state index contributed by atoms with van der Waals surface area (Å²) in [6, 6.07) is 5.73. The van der Waals surface area contributed by atoms with E-state index in [1.165, 1.54) is 22.1 Å². The summed E-state index contributed by atoms with van der Waals surface area (Å²) in [5, 5.41) is 8.99. The summed E-state index contributed by atoms with van der Waals surface area (Å²) >= 11 is 4.77. The predicted molar refractivity (Wildman–Crippen MR) is 65.2 cm³/mol. The fourth-order valence-electron chi connectivity index (χ4n) is 1.26. The second-order valence-electron chi connectivity index (χ2n) is 3.11. The average Bonchev–Trinajstić information content (AvgIpc) is 2.68. The van der Waals surface area contributed by atoms with E-state index in [9.17, 15) is 4.79 Å². The Morgan fingerprint density at radius 2 is 2.31 bits per heavy atom. The van der Waals surface area contributed by atoms with Gasteiger partial charge in [0.05, 0.1) is 14.2 Å². The van der Waals surface area contributed by atoms with Gasteiger partial charge in [-0.15, -0.1) is 11.3 Å². The molecular weight excluding hydrogens is 290 g/mol. The summed E-state index contributed by atoms with van der Waals surface area (Å²) in [5.41, 5.74) is 0.483. The molecule has 2 rings (SSSR count). The smallest absolute Gasteiger partial charge is 0.301 e. The number of rotatable bonds is 1. The molecular formula is C10H6BrN3OS. The van der Waals surface area contributed by atoms with Crippen molar-refractivity contribution < 1.29 is 0 Å². The highest BCUT2D eigenvalue weighted by Crippen LogP contribution is 2.30. The van der Waals surface area contributed by atoms with Crippen LogP contribution in [-0.4, -0.2) is 9.55 Å². The highest BCUT2D eigenvalue weighted by Gasteiger charge is 2.11. The van der Waals surface area contributed by atoms with Crippen LogP contribution in [-0.2, 0) is 7.05 Å². The second-order valence-corrected chi connectivity index (χ2v) is 5.58. The zero-order valence-electron chi connectivity index (χ0n) is 8.27. The Labute approximate surface area is 104 Å². The first kappa shape index (κ1) is 11.0. The molecule has 0 aliphatic heterocycles. The van der Waals surface area contributed by atoms with Gasteiger partial charge in [0, 0.05) is 13.2 Å². The van der Waals surface area contributed by atoms with Gasteiger partial charge in [-0.25, -0.2) is 4.79 Å². The summed E-state index contributed by atoms with van der Waals surface area (Å²) in [6.07, 6.45) is 1.50. The number of halogens is 1. The van der Waals surface area contributed by atoms with Gasteiger partial charge in [0.25, 0.3) is 0 Å². The Bertz CT molecular complexity index is 638. The molecule has 0 aromatic carbocycles. The number of nitriles is 1.